The topological polar surface area (TPSA) is 69.6 Å². The van der Waals surface area contributed by atoms with Gasteiger partial charge in [-0.2, -0.15) is 0 Å². The van der Waals surface area contributed by atoms with Gasteiger partial charge in [-0.15, -0.1) is 0 Å². The third-order valence-electron chi connectivity index (χ3n) is 4.02. The Balaban J connectivity index is 2.37. The summed E-state index contributed by atoms with van der Waals surface area (Å²) in [5.74, 6) is -0.0456. The van der Waals surface area contributed by atoms with Crippen molar-refractivity contribution in [3.05, 3.63) is 58.7 Å². The summed E-state index contributed by atoms with van der Waals surface area (Å²) >= 11 is 0. The molecule has 2 aromatic carbocycles. The molecular weight excluding hydrogens is 290 g/mol. The lowest BCUT2D eigenvalue weighted by Gasteiger charge is -2.16. The predicted molar refractivity (Wildman–Crippen MR) is 92.7 cm³/mol. The van der Waals surface area contributed by atoms with Crippen molar-refractivity contribution in [3.63, 3.8) is 0 Å². The largest absolute Gasteiger partial charge is 0.507 e. The van der Waals surface area contributed by atoms with E-state index in [0.29, 0.717) is 33.5 Å². The molecule has 0 aliphatic rings. The van der Waals surface area contributed by atoms with Gasteiger partial charge in [0, 0.05) is 22.9 Å². The van der Waals surface area contributed by atoms with E-state index >= 15 is 0 Å². The fourth-order valence-corrected chi connectivity index (χ4v) is 2.57. The molecule has 2 aromatic rings. The number of anilines is 1. The highest BCUT2D eigenvalue weighted by atomic mass is 16.3. The number of rotatable bonds is 3. The zero-order valence-corrected chi connectivity index (χ0v) is 13.8. The van der Waals surface area contributed by atoms with Crippen molar-refractivity contribution < 1.29 is 15.0 Å². The number of hydrogen-bond donors (Lipinski definition) is 3. The summed E-state index contributed by atoms with van der Waals surface area (Å²) in [7, 11) is 0. The van der Waals surface area contributed by atoms with Crippen molar-refractivity contribution in [2.24, 2.45) is 0 Å². The first-order valence-corrected chi connectivity index (χ1v) is 7.39. The average molecular weight is 311 g/mol. The van der Waals surface area contributed by atoms with Crippen LogP contribution in [0.15, 0.2) is 36.4 Å². The lowest BCUT2D eigenvalue weighted by Crippen LogP contribution is -2.08. The number of phenols is 2. The minimum atomic E-state index is -0.287. The number of amides is 1. The summed E-state index contributed by atoms with van der Waals surface area (Å²) < 4.78 is 0. The van der Waals surface area contributed by atoms with E-state index in [1.807, 2.05) is 18.2 Å². The van der Waals surface area contributed by atoms with E-state index in [1.54, 1.807) is 39.8 Å². The SMILES string of the molecule is CC(=CC(=O)Nc1ccccc1)c1c(C)c(O)c(C)c(C)c1O. The number of carbonyl (C=O) groups excluding carboxylic acids is 1. The Bertz CT molecular complexity index is 748. The van der Waals surface area contributed by atoms with Crippen molar-refractivity contribution in [1.82, 2.24) is 0 Å². The van der Waals surface area contributed by atoms with Gasteiger partial charge in [0.05, 0.1) is 0 Å². The number of nitrogens with one attached hydrogen (secondary N) is 1. The second-order valence-corrected chi connectivity index (χ2v) is 5.63. The predicted octanol–water partition coefficient (Wildman–Crippen LogP) is 4.07. The van der Waals surface area contributed by atoms with Gasteiger partial charge in [-0.3, -0.25) is 4.79 Å². The van der Waals surface area contributed by atoms with Crippen molar-refractivity contribution in [2.45, 2.75) is 27.7 Å². The Morgan fingerprint density at radius 2 is 1.52 bits per heavy atom. The fraction of sp³-hybridized carbons (Fsp3) is 0.211. The molecule has 1 amide bonds. The molecule has 2 rings (SSSR count). The van der Waals surface area contributed by atoms with E-state index in [9.17, 15) is 15.0 Å². The number of aromatic hydroxyl groups is 2. The van der Waals surface area contributed by atoms with Crippen molar-refractivity contribution >= 4 is 17.2 Å². The second-order valence-electron chi connectivity index (χ2n) is 5.63. The van der Waals surface area contributed by atoms with Gasteiger partial charge in [0.1, 0.15) is 11.5 Å². The molecule has 3 N–H and O–H groups in total. The Kier molecular flexibility index (Phi) is 4.74. The number of benzene rings is 2. The normalized spacial score (nSPS) is 11.4. The lowest BCUT2D eigenvalue weighted by molar-refractivity contribution is -0.111. The summed E-state index contributed by atoms with van der Waals surface area (Å²) in [6, 6.07) is 9.14. The van der Waals surface area contributed by atoms with E-state index in [-0.39, 0.29) is 17.4 Å². The van der Waals surface area contributed by atoms with Crippen LogP contribution in [-0.2, 0) is 4.79 Å². The highest BCUT2D eigenvalue weighted by Crippen LogP contribution is 2.39. The lowest BCUT2D eigenvalue weighted by atomic mass is 9.93. The molecule has 0 unspecified atom stereocenters. The van der Waals surface area contributed by atoms with Crippen molar-refractivity contribution in [1.29, 1.82) is 0 Å². The van der Waals surface area contributed by atoms with Crippen LogP contribution in [0.25, 0.3) is 5.57 Å². The number of phenolic OH excluding ortho intramolecular Hbond substituents is 2. The van der Waals surface area contributed by atoms with Gasteiger partial charge in [-0.25, -0.2) is 0 Å². The molecule has 0 atom stereocenters. The maximum absolute atomic E-state index is 12.1. The van der Waals surface area contributed by atoms with Gasteiger partial charge in [0.2, 0.25) is 5.91 Å². The summed E-state index contributed by atoms with van der Waals surface area (Å²) in [5.41, 5.74) is 3.60. The first kappa shape index (κ1) is 16.6. The number of carbonyl (C=O) groups is 1. The zero-order valence-electron chi connectivity index (χ0n) is 13.8. The van der Waals surface area contributed by atoms with E-state index < -0.39 is 0 Å². The van der Waals surface area contributed by atoms with Crippen LogP contribution < -0.4 is 5.32 Å². The molecule has 0 heterocycles. The van der Waals surface area contributed by atoms with Crippen LogP contribution in [0.3, 0.4) is 0 Å². The van der Waals surface area contributed by atoms with Gasteiger partial charge in [0.15, 0.2) is 0 Å². The maximum atomic E-state index is 12.1. The van der Waals surface area contributed by atoms with E-state index in [2.05, 4.69) is 5.32 Å². The van der Waals surface area contributed by atoms with Gasteiger partial charge >= 0.3 is 0 Å². The minimum Gasteiger partial charge on any atom is -0.507 e. The molecule has 120 valence electrons. The number of hydrogen-bond acceptors (Lipinski definition) is 3. The Morgan fingerprint density at radius 3 is 2.13 bits per heavy atom. The molecule has 0 spiro atoms. The molecule has 0 bridgehead atoms. The van der Waals surface area contributed by atoms with Crippen molar-refractivity contribution in [3.8, 4) is 11.5 Å². The van der Waals surface area contributed by atoms with Crippen LogP contribution in [0.4, 0.5) is 5.69 Å². The quantitative estimate of drug-likeness (QED) is 0.591. The molecule has 0 aliphatic carbocycles. The maximum Gasteiger partial charge on any atom is 0.248 e. The molecule has 4 nitrogen and oxygen atoms in total. The average Bonchev–Trinajstić information content (AvgIpc) is 2.52. The van der Waals surface area contributed by atoms with Gasteiger partial charge < -0.3 is 15.5 Å². The van der Waals surface area contributed by atoms with Gasteiger partial charge in [-0.05, 0) is 56.5 Å². The van der Waals surface area contributed by atoms with Crippen LogP contribution in [-0.4, -0.2) is 16.1 Å². The van der Waals surface area contributed by atoms with Crippen LogP contribution >= 0.6 is 0 Å². The van der Waals surface area contributed by atoms with Crippen LogP contribution in [0, 0.1) is 20.8 Å². The van der Waals surface area contributed by atoms with Crippen LogP contribution in [0.2, 0.25) is 0 Å². The standard InChI is InChI=1S/C19H21NO3/c1-11(10-16(21)20-15-8-6-5-7-9-15)17-14(4)18(22)12(2)13(3)19(17)23/h5-10,22-23H,1-4H3,(H,20,21). The van der Waals surface area contributed by atoms with Gasteiger partial charge in [-0.1, -0.05) is 18.2 Å². The first-order valence-electron chi connectivity index (χ1n) is 7.39. The van der Waals surface area contributed by atoms with Crippen LogP contribution in [0.1, 0.15) is 29.2 Å². The second kappa shape index (κ2) is 6.57. The Hall–Kier alpha value is -2.75. The van der Waals surface area contributed by atoms with E-state index in [1.165, 1.54) is 6.08 Å². The smallest absolute Gasteiger partial charge is 0.248 e. The summed E-state index contributed by atoms with van der Waals surface area (Å²) in [6.07, 6.45) is 1.42. The summed E-state index contributed by atoms with van der Waals surface area (Å²) in [4.78, 5) is 12.1. The molecule has 0 saturated heterocycles. The number of para-hydroxylation sites is 1. The molecule has 0 fully saturated rings. The van der Waals surface area contributed by atoms with Crippen LogP contribution in [0.5, 0.6) is 11.5 Å². The first-order chi connectivity index (χ1) is 10.8. The molecule has 0 saturated carbocycles. The molecule has 0 aromatic heterocycles. The van der Waals surface area contributed by atoms with Gasteiger partial charge in [0.25, 0.3) is 0 Å². The van der Waals surface area contributed by atoms with Crippen molar-refractivity contribution in [2.75, 3.05) is 5.32 Å². The monoisotopic (exact) mass is 311 g/mol. The molecule has 4 heteroatoms. The molecule has 0 radical (unpaired) electrons. The fourth-order valence-electron chi connectivity index (χ4n) is 2.57. The molecule has 23 heavy (non-hydrogen) atoms. The Morgan fingerprint density at radius 1 is 0.957 bits per heavy atom. The molecule has 0 aliphatic heterocycles. The highest BCUT2D eigenvalue weighted by molar-refractivity contribution is 6.04. The highest BCUT2D eigenvalue weighted by Gasteiger charge is 2.18. The van der Waals surface area contributed by atoms with E-state index in [0.717, 1.165) is 0 Å². The zero-order chi connectivity index (χ0) is 17.1. The third kappa shape index (κ3) is 3.37. The summed E-state index contributed by atoms with van der Waals surface area (Å²) in [5, 5.41) is 23.3. The molecular formula is C19H21NO3. The third-order valence-corrected chi connectivity index (χ3v) is 4.02. The minimum absolute atomic E-state index is 0.0964. The van der Waals surface area contributed by atoms with E-state index in [4.69, 9.17) is 0 Å². The summed E-state index contributed by atoms with van der Waals surface area (Å²) in [6.45, 7) is 6.96. The number of allylic oxidation sites excluding steroid dienone is 1. The Labute approximate surface area is 136 Å².